The summed E-state index contributed by atoms with van der Waals surface area (Å²) in [7, 11) is 3.91. The first kappa shape index (κ1) is 21.7. The van der Waals surface area contributed by atoms with Gasteiger partial charge >= 0.3 is 5.97 Å². The fraction of sp³-hybridized carbons (Fsp3) is 0.407. The maximum absolute atomic E-state index is 12.6. The lowest BCUT2D eigenvalue weighted by Crippen LogP contribution is -2.65. The number of Topliss-reactive ketones (excluding diaryl/α,β-unsaturated/α-hetero) is 1. The second kappa shape index (κ2) is 8.34. The number of likely N-dealkylation sites (tertiary alicyclic amines) is 1. The maximum atomic E-state index is 12.6. The van der Waals surface area contributed by atoms with Gasteiger partial charge in [-0.2, -0.15) is 0 Å². The fourth-order valence-electron chi connectivity index (χ4n) is 6.40. The van der Waals surface area contributed by atoms with Crippen LogP contribution in [0.25, 0.3) is 6.08 Å². The molecule has 4 aliphatic rings. The van der Waals surface area contributed by atoms with E-state index < -0.39 is 5.97 Å². The van der Waals surface area contributed by atoms with Crippen molar-refractivity contribution in [1.29, 1.82) is 0 Å². The highest BCUT2D eigenvalue weighted by molar-refractivity contribution is 5.89. The lowest BCUT2D eigenvalue weighted by atomic mass is 9.52. The molecule has 0 amide bonds. The third kappa shape index (κ3) is 3.44. The van der Waals surface area contributed by atoms with Gasteiger partial charge in [-0.3, -0.25) is 4.79 Å². The SMILES string of the molecule is COc1ccc2c3c1O[C@H]1C(=O)CC[C@H]4[C@@H](C2)N(C)CC[C@]314.O=C(O)C=Cc1ccccc1. The van der Waals surface area contributed by atoms with E-state index in [2.05, 4.69) is 18.0 Å². The first-order valence-electron chi connectivity index (χ1n) is 11.5. The smallest absolute Gasteiger partial charge is 0.328 e. The lowest BCUT2D eigenvalue weighted by Gasteiger charge is -2.57. The predicted octanol–water partition coefficient (Wildman–Crippen LogP) is 3.72. The fourth-order valence-corrected chi connectivity index (χ4v) is 6.40. The zero-order valence-corrected chi connectivity index (χ0v) is 19.0. The van der Waals surface area contributed by atoms with Gasteiger partial charge in [-0.1, -0.05) is 36.4 Å². The highest BCUT2D eigenvalue weighted by Gasteiger charge is 2.65. The summed E-state index contributed by atoms with van der Waals surface area (Å²) in [5.41, 5.74) is 3.47. The zero-order valence-electron chi connectivity index (χ0n) is 19.0. The minimum atomic E-state index is -0.922. The van der Waals surface area contributed by atoms with Gasteiger partial charge in [0.05, 0.1) is 7.11 Å². The van der Waals surface area contributed by atoms with E-state index in [1.807, 2.05) is 36.4 Å². The number of ether oxygens (including phenoxy) is 2. The zero-order chi connectivity index (χ0) is 23.2. The van der Waals surface area contributed by atoms with Crippen LogP contribution < -0.4 is 9.47 Å². The van der Waals surface area contributed by atoms with E-state index in [1.54, 1.807) is 13.2 Å². The Bertz CT molecular complexity index is 1110. The molecule has 0 unspecified atom stereocenters. The van der Waals surface area contributed by atoms with E-state index in [1.165, 1.54) is 11.1 Å². The average molecular weight is 448 g/mol. The van der Waals surface area contributed by atoms with E-state index >= 15 is 0 Å². The summed E-state index contributed by atoms with van der Waals surface area (Å²) in [5.74, 6) is 1.54. The van der Waals surface area contributed by atoms with Crippen molar-refractivity contribution in [2.45, 2.75) is 43.2 Å². The van der Waals surface area contributed by atoms with Gasteiger partial charge in [-0.15, -0.1) is 0 Å². The Morgan fingerprint density at radius 3 is 2.76 bits per heavy atom. The van der Waals surface area contributed by atoms with Gasteiger partial charge in [-0.05, 0) is 62.0 Å². The topological polar surface area (TPSA) is 76.1 Å². The Balaban J connectivity index is 0.000000177. The molecule has 0 aromatic heterocycles. The van der Waals surface area contributed by atoms with E-state index in [9.17, 15) is 9.59 Å². The summed E-state index contributed by atoms with van der Waals surface area (Å²) in [6.07, 6.45) is 6.15. The van der Waals surface area contributed by atoms with E-state index in [0.29, 0.717) is 18.4 Å². The highest BCUT2D eigenvalue weighted by Crippen LogP contribution is 2.63. The van der Waals surface area contributed by atoms with Gasteiger partial charge < -0.3 is 19.5 Å². The van der Waals surface area contributed by atoms with Crippen molar-refractivity contribution in [2.24, 2.45) is 5.92 Å². The van der Waals surface area contributed by atoms with Crippen molar-refractivity contribution >= 4 is 17.8 Å². The van der Waals surface area contributed by atoms with Gasteiger partial charge in [0.25, 0.3) is 0 Å². The molecule has 33 heavy (non-hydrogen) atoms. The Hall–Kier alpha value is -3.12. The Kier molecular flexibility index (Phi) is 5.49. The number of nitrogens with zero attached hydrogens (tertiary/aromatic N) is 1. The number of carbonyl (C=O) groups is 2. The van der Waals surface area contributed by atoms with Crippen LogP contribution in [0.1, 0.15) is 36.0 Å². The molecule has 2 heterocycles. The molecule has 1 N–H and O–H groups in total. The number of likely N-dealkylation sites (N-methyl/N-ethyl adjacent to an activating group) is 1. The minimum absolute atomic E-state index is 0.0933. The summed E-state index contributed by atoms with van der Waals surface area (Å²) in [6.45, 7) is 1.05. The standard InChI is InChI=1S/C18H21NO3.C9H8O2/c1-19-8-7-18-11-4-5-13(20)17(18)22-16-14(21-2)6-3-10(15(16)18)9-12(11)19;10-9(11)7-6-8-4-2-1-3-5-8/h3,6,11-12,17H,4-5,7-9H2,1-2H3;1-7H,(H,10,11)/t11-,12+,17-,18-;/m0./s1. The molecule has 1 spiro atoms. The number of ketones is 1. The van der Waals surface area contributed by atoms with Crippen LogP contribution >= 0.6 is 0 Å². The van der Waals surface area contributed by atoms with Crippen molar-refractivity contribution in [1.82, 2.24) is 4.90 Å². The number of carboxylic acids is 1. The molecule has 6 rings (SSSR count). The quantitative estimate of drug-likeness (QED) is 0.723. The predicted molar refractivity (Wildman–Crippen MR) is 125 cm³/mol. The molecule has 2 bridgehead atoms. The molecular weight excluding hydrogens is 418 g/mol. The van der Waals surface area contributed by atoms with Crippen molar-refractivity contribution in [3.05, 3.63) is 65.2 Å². The molecule has 2 aliphatic carbocycles. The number of rotatable bonds is 3. The molecule has 2 aromatic rings. The highest BCUT2D eigenvalue weighted by atomic mass is 16.5. The summed E-state index contributed by atoms with van der Waals surface area (Å²) >= 11 is 0. The Morgan fingerprint density at radius 2 is 2.03 bits per heavy atom. The molecule has 1 saturated carbocycles. The molecule has 2 aromatic carbocycles. The third-order valence-corrected chi connectivity index (χ3v) is 7.81. The van der Waals surface area contributed by atoms with Crippen molar-refractivity contribution < 1.29 is 24.2 Å². The molecule has 0 radical (unpaired) electrons. The maximum Gasteiger partial charge on any atom is 0.328 e. The third-order valence-electron chi connectivity index (χ3n) is 7.81. The van der Waals surface area contributed by atoms with Gasteiger partial charge in [0.2, 0.25) is 0 Å². The summed E-state index contributed by atoms with van der Waals surface area (Å²) in [4.78, 5) is 25.2. The number of methoxy groups -OCH3 is 1. The Labute approximate surface area is 193 Å². The largest absolute Gasteiger partial charge is 0.493 e. The van der Waals surface area contributed by atoms with E-state index in [4.69, 9.17) is 14.6 Å². The second-order valence-corrected chi connectivity index (χ2v) is 9.37. The number of benzene rings is 2. The number of carboxylic acid groups (broad SMARTS) is 1. The molecule has 172 valence electrons. The monoisotopic (exact) mass is 447 g/mol. The van der Waals surface area contributed by atoms with Crippen LogP contribution in [0, 0.1) is 5.92 Å². The van der Waals surface area contributed by atoms with Crippen molar-refractivity contribution in [3.8, 4) is 11.5 Å². The van der Waals surface area contributed by atoms with Crippen LogP contribution in [0.4, 0.5) is 0 Å². The van der Waals surface area contributed by atoms with Gasteiger partial charge in [0.15, 0.2) is 23.4 Å². The van der Waals surface area contributed by atoms with Gasteiger partial charge in [0.1, 0.15) is 0 Å². The van der Waals surface area contributed by atoms with Gasteiger partial charge in [0, 0.05) is 29.5 Å². The van der Waals surface area contributed by atoms with Crippen molar-refractivity contribution in [2.75, 3.05) is 20.7 Å². The summed E-state index contributed by atoms with van der Waals surface area (Å²) < 4.78 is 11.8. The average Bonchev–Trinajstić information content (AvgIpc) is 3.18. The minimum Gasteiger partial charge on any atom is -0.493 e. The number of hydrogen-bond donors (Lipinski definition) is 1. The number of piperidine rings is 1. The van der Waals surface area contributed by atoms with Crippen LogP contribution in [-0.4, -0.2) is 54.6 Å². The number of aliphatic carboxylic acids is 1. The number of hydrogen-bond acceptors (Lipinski definition) is 5. The molecule has 2 aliphatic heterocycles. The first-order chi connectivity index (χ1) is 16.0. The summed E-state index contributed by atoms with van der Waals surface area (Å²) in [5, 5.41) is 8.29. The molecule has 4 atom stereocenters. The molecule has 6 nitrogen and oxygen atoms in total. The van der Waals surface area contributed by atoms with Crippen LogP contribution in [0.15, 0.2) is 48.5 Å². The second-order valence-electron chi connectivity index (χ2n) is 9.37. The van der Waals surface area contributed by atoms with E-state index in [0.717, 1.165) is 48.9 Å². The van der Waals surface area contributed by atoms with Crippen molar-refractivity contribution in [3.63, 3.8) is 0 Å². The number of carbonyl (C=O) groups excluding carboxylic acids is 1. The summed E-state index contributed by atoms with van der Waals surface area (Å²) in [6, 6.07) is 14.0. The molecule has 6 heteroatoms. The van der Waals surface area contributed by atoms with Crippen LogP contribution in [0.3, 0.4) is 0 Å². The van der Waals surface area contributed by atoms with Crippen LogP contribution in [0.5, 0.6) is 11.5 Å². The molecular formula is C27H29NO5. The van der Waals surface area contributed by atoms with Crippen LogP contribution in [-0.2, 0) is 21.4 Å². The first-order valence-corrected chi connectivity index (χ1v) is 11.5. The van der Waals surface area contributed by atoms with Crippen LogP contribution in [0.2, 0.25) is 0 Å². The lowest BCUT2D eigenvalue weighted by molar-refractivity contribution is -0.138. The normalized spacial score (nSPS) is 29.0. The Morgan fingerprint density at radius 1 is 1.24 bits per heavy atom. The van der Waals surface area contributed by atoms with E-state index in [-0.39, 0.29) is 17.3 Å². The van der Waals surface area contributed by atoms with Gasteiger partial charge in [-0.25, -0.2) is 4.79 Å². The molecule has 1 saturated heterocycles. The molecule has 2 fully saturated rings.